The maximum Gasteiger partial charge on any atom is 0.238 e. The molecule has 1 heterocycles. The van der Waals surface area contributed by atoms with Crippen molar-refractivity contribution >= 4 is 33.1 Å². The van der Waals surface area contributed by atoms with Gasteiger partial charge >= 0.3 is 0 Å². The van der Waals surface area contributed by atoms with Crippen LogP contribution in [-0.2, 0) is 15.8 Å². The Morgan fingerprint density at radius 2 is 1.79 bits per heavy atom. The van der Waals surface area contributed by atoms with Crippen LogP contribution in [-0.4, -0.2) is 18.6 Å². The highest BCUT2D eigenvalue weighted by Gasteiger charge is 2.12. The van der Waals surface area contributed by atoms with E-state index in [9.17, 15) is 8.42 Å². The third kappa shape index (κ3) is 4.08. The second kappa shape index (κ2) is 5.41. The second-order valence-corrected chi connectivity index (χ2v) is 5.95. The summed E-state index contributed by atoms with van der Waals surface area (Å²) in [6, 6.07) is 9.50. The van der Waals surface area contributed by atoms with Crippen molar-refractivity contribution < 1.29 is 8.42 Å². The third-order valence-electron chi connectivity index (χ3n) is 2.23. The number of nitrogens with two attached hydrogens (primary N) is 1. The van der Waals surface area contributed by atoms with Gasteiger partial charge in [-0.25, -0.2) is 8.42 Å². The van der Waals surface area contributed by atoms with Gasteiger partial charge in [0.05, 0.1) is 5.75 Å². The van der Waals surface area contributed by atoms with Gasteiger partial charge in [0.2, 0.25) is 10.0 Å². The number of anilines is 2. The van der Waals surface area contributed by atoms with E-state index in [0.29, 0.717) is 11.3 Å². The predicted molar refractivity (Wildman–Crippen MR) is 74.1 cm³/mol. The third-order valence-corrected chi connectivity index (χ3v) is 3.66. The molecule has 0 saturated heterocycles. The fourth-order valence-corrected chi connectivity index (χ4v) is 2.63. The number of halogens is 1. The van der Waals surface area contributed by atoms with E-state index < -0.39 is 10.0 Å². The Hall–Kier alpha value is -1.86. The molecule has 3 N–H and O–H groups in total. The van der Waals surface area contributed by atoms with Crippen molar-refractivity contribution in [3.8, 4) is 0 Å². The first kappa shape index (κ1) is 13.6. The van der Waals surface area contributed by atoms with E-state index in [-0.39, 0.29) is 16.7 Å². The molecule has 0 aliphatic carbocycles. The van der Waals surface area contributed by atoms with Gasteiger partial charge in [-0.3, -0.25) is 4.72 Å². The molecule has 100 valence electrons. The summed E-state index contributed by atoms with van der Waals surface area (Å²) < 4.78 is 26.1. The molecule has 1 aromatic heterocycles. The van der Waals surface area contributed by atoms with Crippen molar-refractivity contribution in [2.24, 2.45) is 0 Å². The number of nitrogen functional groups attached to an aromatic ring is 1. The zero-order valence-electron chi connectivity index (χ0n) is 9.75. The zero-order chi connectivity index (χ0) is 13.9. The van der Waals surface area contributed by atoms with Crippen LogP contribution in [0.2, 0.25) is 5.15 Å². The molecule has 0 saturated carbocycles. The second-order valence-electron chi connectivity index (χ2n) is 3.84. The molecule has 0 atom stereocenters. The molecule has 0 bridgehead atoms. The summed E-state index contributed by atoms with van der Waals surface area (Å²) in [7, 11) is -3.55. The SMILES string of the molecule is Nc1ccc(CS(=O)(=O)Nc2ccc(Cl)nn2)cc1. The van der Waals surface area contributed by atoms with Crippen LogP contribution < -0.4 is 10.5 Å². The van der Waals surface area contributed by atoms with E-state index in [1.807, 2.05) is 0 Å². The van der Waals surface area contributed by atoms with Crippen molar-refractivity contribution in [2.75, 3.05) is 10.5 Å². The average molecular weight is 299 g/mol. The van der Waals surface area contributed by atoms with Crippen LogP contribution >= 0.6 is 11.6 Å². The van der Waals surface area contributed by atoms with Gasteiger partial charge in [-0.1, -0.05) is 23.7 Å². The largest absolute Gasteiger partial charge is 0.399 e. The fourth-order valence-electron chi connectivity index (χ4n) is 1.40. The van der Waals surface area contributed by atoms with Crippen LogP contribution in [0.5, 0.6) is 0 Å². The lowest BCUT2D eigenvalue weighted by atomic mass is 10.2. The van der Waals surface area contributed by atoms with Crippen molar-refractivity contribution in [1.82, 2.24) is 10.2 Å². The summed E-state index contributed by atoms with van der Waals surface area (Å²) >= 11 is 5.56. The van der Waals surface area contributed by atoms with Crippen molar-refractivity contribution in [3.05, 3.63) is 47.1 Å². The van der Waals surface area contributed by atoms with Gasteiger partial charge in [-0.2, -0.15) is 0 Å². The summed E-state index contributed by atoms with van der Waals surface area (Å²) in [5.41, 5.74) is 6.74. The van der Waals surface area contributed by atoms with Gasteiger partial charge in [0, 0.05) is 5.69 Å². The van der Waals surface area contributed by atoms with Crippen molar-refractivity contribution in [2.45, 2.75) is 5.75 Å². The fraction of sp³-hybridized carbons (Fsp3) is 0.0909. The number of benzene rings is 1. The topological polar surface area (TPSA) is 98.0 Å². The molecule has 0 fully saturated rings. The number of hydrogen-bond donors (Lipinski definition) is 2. The summed E-state index contributed by atoms with van der Waals surface area (Å²) in [6.45, 7) is 0. The Balaban J connectivity index is 2.10. The zero-order valence-corrected chi connectivity index (χ0v) is 11.3. The first-order valence-electron chi connectivity index (χ1n) is 5.29. The minimum absolute atomic E-state index is 0.125. The van der Waals surface area contributed by atoms with Gasteiger partial charge in [0.1, 0.15) is 0 Å². The van der Waals surface area contributed by atoms with E-state index in [1.165, 1.54) is 12.1 Å². The summed E-state index contributed by atoms with van der Waals surface area (Å²) in [5.74, 6) is -0.0442. The molecule has 2 rings (SSSR count). The van der Waals surface area contributed by atoms with Gasteiger partial charge in [0.25, 0.3) is 0 Å². The van der Waals surface area contributed by atoms with Gasteiger partial charge in [-0.15, -0.1) is 10.2 Å². The number of sulfonamides is 1. The minimum Gasteiger partial charge on any atom is -0.399 e. The average Bonchev–Trinajstić information content (AvgIpc) is 2.34. The molecule has 6 nitrogen and oxygen atoms in total. The summed E-state index contributed by atoms with van der Waals surface area (Å²) in [6.07, 6.45) is 0. The van der Waals surface area contributed by atoms with Crippen molar-refractivity contribution in [3.63, 3.8) is 0 Å². The molecular weight excluding hydrogens is 288 g/mol. The highest BCUT2D eigenvalue weighted by Crippen LogP contribution is 2.12. The molecule has 0 aliphatic rings. The molecule has 2 aromatic rings. The molecule has 8 heteroatoms. The van der Waals surface area contributed by atoms with Crippen LogP contribution in [0.15, 0.2) is 36.4 Å². The smallest absolute Gasteiger partial charge is 0.238 e. The molecule has 0 spiro atoms. The first-order valence-corrected chi connectivity index (χ1v) is 7.32. The van der Waals surface area contributed by atoms with Gasteiger partial charge < -0.3 is 5.73 Å². The summed E-state index contributed by atoms with van der Waals surface area (Å²) in [5, 5.41) is 7.38. The standard InChI is InChI=1S/C11H11ClN4O2S/c12-10-5-6-11(15-14-10)16-19(17,18)7-8-1-3-9(13)4-2-8/h1-6H,7,13H2,(H,15,16). The summed E-state index contributed by atoms with van der Waals surface area (Å²) in [4.78, 5) is 0. The van der Waals surface area contributed by atoms with E-state index in [0.717, 1.165) is 0 Å². The van der Waals surface area contributed by atoms with Gasteiger partial charge in [-0.05, 0) is 29.8 Å². The number of nitrogens with one attached hydrogen (secondary N) is 1. The molecule has 19 heavy (non-hydrogen) atoms. The molecule has 0 unspecified atom stereocenters. The Morgan fingerprint density at radius 3 is 2.37 bits per heavy atom. The van der Waals surface area contributed by atoms with Crippen LogP contribution in [0.4, 0.5) is 11.5 Å². The Morgan fingerprint density at radius 1 is 1.11 bits per heavy atom. The van der Waals surface area contributed by atoms with E-state index in [2.05, 4.69) is 14.9 Å². The van der Waals surface area contributed by atoms with Crippen LogP contribution in [0.1, 0.15) is 5.56 Å². The normalized spacial score (nSPS) is 11.2. The molecular formula is C11H11ClN4O2S. The number of hydrogen-bond acceptors (Lipinski definition) is 5. The number of nitrogens with zero attached hydrogens (tertiary/aromatic N) is 2. The van der Waals surface area contributed by atoms with E-state index in [4.69, 9.17) is 17.3 Å². The molecule has 0 radical (unpaired) electrons. The Labute approximate surface area is 115 Å². The monoisotopic (exact) mass is 298 g/mol. The van der Waals surface area contributed by atoms with E-state index >= 15 is 0 Å². The minimum atomic E-state index is -3.55. The molecule has 0 aliphatic heterocycles. The maximum absolute atomic E-state index is 11.9. The first-order chi connectivity index (χ1) is 8.94. The van der Waals surface area contributed by atoms with E-state index in [1.54, 1.807) is 24.3 Å². The maximum atomic E-state index is 11.9. The number of aromatic nitrogens is 2. The Bertz CT molecular complexity index is 603. The molecule has 0 amide bonds. The molecule has 1 aromatic carbocycles. The Kier molecular flexibility index (Phi) is 3.87. The lowest BCUT2D eigenvalue weighted by Gasteiger charge is -2.07. The van der Waals surface area contributed by atoms with Crippen LogP contribution in [0.3, 0.4) is 0 Å². The lowest BCUT2D eigenvalue weighted by Crippen LogP contribution is -2.16. The van der Waals surface area contributed by atoms with Crippen LogP contribution in [0.25, 0.3) is 0 Å². The van der Waals surface area contributed by atoms with Crippen molar-refractivity contribution in [1.29, 1.82) is 0 Å². The van der Waals surface area contributed by atoms with Crippen LogP contribution in [0, 0.1) is 0 Å². The quantitative estimate of drug-likeness (QED) is 0.836. The highest BCUT2D eigenvalue weighted by atomic mass is 35.5. The number of rotatable bonds is 4. The predicted octanol–water partition coefficient (Wildman–Crippen LogP) is 1.65. The highest BCUT2D eigenvalue weighted by molar-refractivity contribution is 7.91. The lowest BCUT2D eigenvalue weighted by molar-refractivity contribution is 0.600. The van der Waals surface area contributed by atoms with Gasteiger partial charge in [0.15, 0.2) is 11.0 Å².